The molecule has 0 aliphatic carbocycles. The van der Waals surface area contributed by atoms with Crippen molar-refractivity contribution in [1.82, 2.24) is 9.97 Å². The van der Waals surface area contributed by atoms with Crippen LogP contribution >= 0.6 is 11.8 Å². The van der Waals surface area contributed by atoms with E-state index in [9.17, 15) is 9.59 Å². The van der Waals surface area contributed by atoms with Gasteiger partial charge in [0.15, 0.2) is 0 Å². The van der Waals surface area contributed by atoms with Gasteiger partial charge in [-0.25, -0.2) is 14.8 Å². The number of esters is 1. The summed E-state index contributed by atoms with van der Waals surface area (Å²) in [5.41, 5.74) is 1.95. The Morgan fingerprint density at radius 2 is 1.82 bits per heavy atom. The summed E-state index contributed by atoms with van der Waals surface area (Å²) in [5.74, 6) is 0.390. The van der Waals surface area contributed by atoms with E-state index in [0.717, 1.165) is 22.3 Å². The number of nitrogens with one attached hydrogen (secondary N) is 1. The average molecular weight is 395 g/mol. The Balaban J connectivity index is 1.60. The van der Waals surface area contributed by atoms with Gasteiger partial charge >= 0.3 is 5.97 Å². The second kappa shape index (κ2) is 9.32. The van der Waals surface area contributed by atoms with Gasteiger partial charge in [0.1, 0.15) is 10.9 Å². The second-order valence-corrected chi connectivity index (χ2v) is 7.11. The second-order valence-electron chi connectivity index (χ2n) is 6.14. The Morgan fingerprint density at radius 1 is 1.07 bits per heavy atom. The number of aromatic nitrogens is 2. The minimum atomic E-state index is -0.360. The zero-order chi connectivity index (χ0) is 19.9. The predicted octanol–water partition coefficient (Wildman–Crippen LogP) is 4.24. The molecule has 3 rings (SSSR count). The van der Waals surface area contributed by atoms with Crippen molar-refractivity contribution in [3.8, 4) is 0 Å². The van der Waals surface area contributed by atoms with Crippen molar-refractivity contribution >= 4 is 40.2 Å². The number of nitrogens with zero attached hydrogens (tertiary/aromatic N) is 2. The van der Waals surface area contributed by atoms with Crippen LogP contribution in [0.1, 0.15) is 29.5 Å². The number of amides is 1. The molecule has 0 bridgehead atoms. The standard InChI is InChI=1S/C21H21N3O3S/c1-3-12-27-21(26)15-8-10-16(11-9-15)24-19(25)13-28-20-17-6-4-5-7-18(17)22-14(2)23-20/h4-11H,3,12-13H2,1-2H3,(H,24,25). The number of hydrogen-bond acceptors (Lipinski definition) is 6. The van der Waals surface area contributed by atoms with Gasteiger partial charge in [0.2, 0.25) is 5.91 Å². The smallest absolute Gasteiger partial charge is 0.338 e. The van der Waals surface area contributed by atoms with Crippen molar-refractivity contribution in [1.29, 1.82) is 0 Å². The Labute approximate surface area is 167 Å². The number of thioether (sulfide) groups is 1. The highest BCUT2D eigenvalue weighted by atomic mass is 32.2. The van der Waals surface area contributed by atoms with E-state index in [1.165, 1.54) is 11.8 Å². The number of para-hydroxylation sites is 1. The van der Waals surface area contributed by atoms with Crippen molar-refractivity contribution in [2.45, 2.75) is 25.3 Å². The van der Waals surface area contributed by atoms with Gasteiger partial charge in [-0.1, -0.05) is 36.9 Å². The van der Waals surface area contributed by atoms with Crippen LogP contribution in [-0.2, 0) is 9.53 Å². The summed E-state index contributed by atoms with van der Waals surface area (Å²) < 4.78 is 5.09. The molecule has 0 spiro atoms. The number of fused-ring (bicyclic) bond motifs is 1. The Hall–Kier alpha value is -2.93. The van der Waals surface area contributed by atoms with Gasteiger partial charge in [0.05, 0.1) is 23.4 Å². The van der Waals surface area contributed by atoms with Crippen LogP contribution in [-0.4, -0.2) is 34.2 Å². The molecule has 0 aliphatic rings. The van der Waals surface area contributed by atoms with Crippen LogP contribution in [0.15, 0.2) is 53.6 Å². The van der Waals surface area contributed by atoms with Crippen LogP contribution in [0.5, 0.6) is 0 Å². The molecule has 1 aromatic heterocycles. The zero-order valence-corrected chi connectivity index (χ0v) is 16.6. The minimum Gasteiger partial charge on any atom is -0.462 e. The molecule has 0 unspecified atom stereocenters. The fourth-order valence-electron chi connectivity index (χ4n) is 2.57. The molecule has 3 aromatic rings. The molecule has 144 valence electrons. The van der Waals surface area contributed by atoms with Crippen molar-refractivity contribution in [3.63, 3.8) is 0 Å². The molecule has 1 N–H and O–H groups in total. The van der Waals surface area contributed by atoms with Crippen LogP contribution in [0, 0.1) is 6.92 Å². The molecule has 0 saturated heterocycles. The van der Waals surface area contributed by atoms with Gasteiger partial charge in [-0.15, -0.1) is 0 Å². The molecule has 0 saturated carbocycles. The maximum Gasteiger partial charge on any atom is 0.338 e. The third-order valence-corrected chi connectivity index (χ3v) is 4.85. The average Bonchev–Trinajstić information content (AvgIpc) is 2.70. The summed E-state index contributed by atoms with van der Waals surface area (Å²) in [6, 6.07) is 14.4. The number of carbonyl (C=O) groups excluding carboxylic acids is 2. The van der Waals surface area contributed by atoms with Gasteiger partial charge in [0, 0.05) is 11.1 Å². The first kappa shape index (κ1) is 19.8. The third kappa shape index (κ3) is 5.07. The number of benzene rings is 2. The highest BCUT2D eigenvalue weighted by Gasteiger charge is 2.10. The van der Waals surface area contributed by atoms with E-state index in [4.69, 9.17) is 4.74 Å². The molecule has 0 fully saturated rings. The highest BCUT2D eigenvalue weighted by Crippen LogP contribution is 2.25. The zero-order valence-electron chi connectivity index (χ0n) is 15.8. The Bertz CT molecular complexity index is 990. The van der Waals surface area contributed by atoms with E-state index < -0.39 is 0 Å². The van der Waals surface area contributed by atoms with Crippen molar-refractivity contribution in [2.24, 2.45) is 0 Å². The molecule has 28 heavy (non-hydrogen) atoms. The third-order valence-electron chi connectivity index (χ3n) is 3.86. The van der Waals surface area contributed by atoms with Crippen LogP contribution in [0.4, 0.5) is 5.69 Å². The van der Waals surface area contributed by atoms with Crippen molar-refractivity contribution in [2.75, 3.05) is 17.7 Å². The maximum absolute atomic E-state index is 12.3. The topological polar surface area (TPSA) is 81.2 Å². The quantitative estimate of drug-likeness (QED) is 0.366. The Morgan fingerprint density at radius 3 is 2.57 bits per heavy atom. The molecule has 2 aromatic carbocycles. The lowest BCUT2D eigenvalue weighted by molar-refractivity contribution is -0.113. The van der Waals surface area contributed by atoms with Crippen LogP contribution in [0.3, 0.4) is 0 Å². The maximum atomic E-state index is 12.3. The van der Waals surface area contributed by atoms with E-state index in [-0.39, 0.29) is 17.6 Å². The molecule has 1 heterocycles. The van der Waals surface area contributed by atoms with E-state index in [1.54, 1.807) is 24.3 Å². The summed E-state index contributed by atoms with van der Waals surface area (Å²) in [5, 5.41) is 4.54. The van der Waals surface area contributed by atoms with Gasteiger partial charge in [0.25, 0.3) is 0 Å². The number of rotatable bonds is 7. The van der Waals surface area contributed by atoms with Crippen LogP contribution < -0.4 is 5.32 Å². The monoisotopic (exact) mass is 395 g/mol. The van der Waals surface area contributed by atoms with E-state index in [2.05, 4.69) is 15.3 Å². The van der Waals surface area contributed by atoms with Gasteiger partial charge in [-0.3, -0.25) is 4.79 Å². The lowest BCUT2D eigenvalue weighted by Crippen LogP contribution is -2.14. The number of anilines is 1. The summed E-state index contributed by atoms with van der Waals surface area (Å²) in [4.78, 5) is 33.0. The molecule has 0 aliphatic heterocycles. The molecule has 1 amide bonds. The minimum absolute atomic E-state index is 0.147. The summed E-state index contributed by atoms with van der Waals surface area (Å²) in [6.45, 7) is 4.17. The van der Waals surface area contributed by atoms with E-state index in [0.29, 0.717) is 23.7 Å². The predicted molar refractivity (Wildman–Crippen MR) is 111 cm³/mol. The summed E-state index contributed by atoms with van der Waals surface area (Å²) in [6.07, 6.45) is 0.776. The van der Waals surface area contributed by atoms with E-state index >= 15 is 0 Å². The Kier molecular flexibility index (Phi) is 6.60. The molecular formula is C21H21N3O3S. The van der Waals surface area contributed by atoms with Gasteiger partial charge in [-0.05, 0) is 43.7 Å². The normalized spacial score (nSPS) is 10.6. The molecule has 7 heteroatoms. The molecule has 0 radical (unpaired) electrons. The lowest BCUT2D eigenvalue weighted by atomic mass is 10.2. The highest BCUT2D eigenvalue weighted by molar-refractivity contribution is 8.00. The first-order valence-electron chi connectivity index (χ1n) is 9.00. The molecule has 0 atom stereocenters. The largest absolute Gasteiger partial charge is 0.462 e. The van der Waals surface area contributed by atoms with Crippen molar-refractivity contribution < 1.29 is 14.3 Å². The fraction of sp³-hybridized carbons (Fsp3) is 0.238. The molecule has 6 nitrogen and oxygen atoms in total. The van der Waals surface area contributed by atoms with Crippen molar-refractivity contribution in [3.05, 3.63) is 59.9 Å². The van der Waals surface area contributed by atoms with Crippen LogP contribution in [0.2, 0.25) is 0 Å². The number of aryl methyl sites for hydroxylation is 1. The number of carbonyl (C=O) groups is 2. The van der Waals surface area contributed by atoms with Gasteiger partial charge in [-0.2, -0.15) is 0 Å². The SMILES string of the molecule is CCCOC(=O)c1ccc(NC(=O)CSc2nc(C)nc3ccccc23)cc1. The summed E-state index contributed by atoms with van der Waals surface area (Å²) >= 11 is 1.37. The number of hydrogen-bond donors (Lipinski definition) is 1. The van der Waals surface area contributed by atoms with E-state index in [1.807, 2.05) is 38.1 Å². The number of ether oxygens (including phenoxy) is 1. The summed E-state index contributed by atoms with van der Waals surface area (Å²) in [7, 11) is 0. The fourth-order valence-corrected chi connectivity index (χ4v) is 3.43. The van der Waals surface area contributed by atoms with Gasteiger partial charge < -0.3 is 10.1 Å². The van der Waals surface area contributed by atoms with Crippen LogP contribution in [0.25, 0.3) is 10.9 Å². The first-order valence-corrected chi connectivity index (χ1v) is 9.98. The first-order chi connectivity index (χ1) is 13.6. The molecular weight excluding hydrogens is 374 g/mol. The lowest BCUT2D eigenvalue weighted by Gasteiger charge is -2.08.